The maximum absolute atomic E-state index is 13.0. The van der Waals surface area contributed by atoms with E-state index in [1.54, 1.807) is 47.4 Å². The highest BCUT2D eigenvalue weighted by molar-refractivity contribution is 7.90. The van der Waals surface area contributed by atoms with E-state index in [2.05, 4.69) is 9.71 Å². The number of sulfonamides is 1. The molecule has 1 saturated heterocycles. The lowest BCUT2D eigenvalue weighted by Crippen LogP contribution is -2.44. The number of ether oxygens (including phenoxy) is 2. The second kappa shape index (κ2) is 10.1. The first-order chi connectivity index (χ1) is 16.0. The summed E-state index contributed by atoms with van der Waals surface area (Å²) in [7, 11) is -3.60. The van der Waals surface area contributed by atoms with Crippen molar-refractivity contribution in [3.63, 3.8) is 0 Å². The van der Waals surface area contributed by atoms with Gasteiger partial charge >= 0.3 is 5.97 Å². The maximum Gasteiger partial charge on any atom is 0.306 e. The summed E-state index contributed by atoms with van der Waals surface area (Å²) in [6.45, 7) is 2.04. The smallest absolute Gasteiger partial charge is 0.306 e. The number of carbonyl (C=O) groups is 2. The molecule has 0 bridgehead atoms. The van der Waals surface area contributed by atoms with Crippen molar-refractivity contribution in [2.45, 2.75) is 23.8 Å². The number of aliphatic imine (C=N–C) groups is 1. The number of fused-ring (bicyclic) bond motifs is 1. The number of esters is 1. The van der Waals surface area contributed by atoms with Gasteiger partial charge in [0, 0.05) is 37.2 Å². The molecule has 9 nitrogen and oxygen atoms in total. The fourth-order valence-electron chi connectivity index (χ4n) is 3.69. The minimum absolute atomic E-state index is 0.0465. The molecule has 0 unspecified atom stereocenters. The Kier molecular flexibility index (Phi) is 7.05. The number of amides is 1. The monoisotopic (exact) mass is 471 g/mol. The van der Waals surface area contributed by atoms with Crippen LogP contribution in [0.25, 0.3) is 0 Å². The number of hydrogen-bond donors (Lipinski definition) is 1. The number of hydrogen-bond acceptors (Lipinski definition) is 7. The summed E-state index contributed by atoms with van der Waals surface area (Å²) >= 11 is 0. The van der Waals surface area contributed by atoms with Crippen molar-refractivity contribution in [1.82, 2.24) is 9.62 Å². The molecular formula is C23H25N3O6S. The fraction of sp³-hybridized carbons (Fsp3) is 0.348. The van der Waals surface area contributed by atoms with Gasteiger partial charge in [0.1, 0.15) is 5.84 Å². The molecule has 10 heteroatoms. The van der Waals surface area contributed by atoms with Gasteiger partial charge in [0.15, 0.2) is 0 Å². The highest BCUT2D eigenvalue weighted by Crippen LogP contribution is 2.23. The Hall–Kier alpha value is -3.24. The Morgan fingerprint density at radius 2 is 1.76 bits per heavy atom. The summed E-state index contributed by atoms with van der Waals surface area (Å²) in [5.41, 5.74) is 1.12. The van der Waals surface area contributed by atoms with E-state index in [0.717, 1.165) is 0 Å². The van der Waals surface area contributed by atoms with Crippen LogP contribution in [0.1, 0.15) is 30.1 Å². The van der Waals surface area contributed by atoms with Crippen LogP contribution in [-0.4, -0.2) is 63.9 Å². The molecule has 1 fully saturated rings. The molecule has 2 aromatic carbocycles. The van der Waals surface area contributed by atoms with E-state index in [9.17, 15) is 18.0 Å². The van der Waals surface area contributed by atoms with Crippen molar-refractivity contribution in [1.29, 1.82) is 0 Å². The van der Waals surface area contributed by atoms with Gasteiger partial charge in [-0.1, -0.05) is 42.5 Å². The normalized spacial score (nSPS) is 18.9. The van der Waals surface area contributed by atoms with E-state index >= 15 is 0 Å². The maximum atomic E-state index is 13.0. The van der Waals surface area contributed by atoms with Crippen LogP contribution >= 0.6 is 0 Å². The number of morpholine rings is 1. The quantitative estimate of drug-likeness (QED) is 0.485. The Morgan fingerprint density at radius 1 is 1.06 bits per heavy atom. The lowest BCUT2D eigenvalue weighted by molar-refractivity contribution is -0.162. The third-order valence-electron chi connectivity index (χ3n) is 5.37. The van der Waals surface area contributed by atoms with Gasteiger partial charge in [-0.15, -0.1) is 0 Å². The van der Waals surface area contributed by atoms with Crippen LogP contribution in [0.2, 0.25) is 0 Å². The van der Waals surface area contributed by atoms with E-state index in [1.807, 2.05) is 6.07 Å². The molecule has 2 aliphatic rings. The second-order valence-corrected chi connectivity index (χ2v) is 9.30. The van der Waals surface area contributed by atoms with Crippen molar-refractivity contribution in [2.24, 2.45) is 4.99 Å². The number of nitrogens with zero attached hydrogens (tertiary/aromatic N) is 2. The van der Waals surface area contributed by atoms with Crippen molar-refractivity contribution in [3.05, 3.63) is 65.7 Å². The summed E-state index contributed by atoms with van der Waals surface area (Å²) in [5, 5.41) is 0. The predicted octanol–water partition coefficient (Wildman–Crippen LogP) is 1.65. The number of benzene rings is 2. The SMILES string of the molecule is O=C(CCCN=C1NS(=O)(=O)c2ccccc21)O[C@H](C(=O)N1CCOCC1)c1ccccc1. The first kappa shape index (κ1) is 22.9. The third-order valence-corrected chi connectivity index (χ3v) is 6.77. The molecule has 0 radical (unpaired) electrons. The fourth-order valence-corrected chi connectivity index (χ4v) is 4.95. The zero-order chi connectivity index (χ0) is 23.3. The lowest BCUT2D eigenvalue weighted by Gasteiger charge is -2.30. The molecule has 174 valence electrons. The van der Waals surface area contributed by atoms with Gasteiger partial charge in [0.2, 0.25) is 6.10 Å². The van der Waals surface area contributed by atoms with E-state index in [4.69, 9.17) is 9.47 Å². The van der Waals surface area contributed by atoms with Crippen molar-refractivity contribution in [3.8, 4) is 0 Å². The predicted molar refractivity (Wildman–Crippen MR) is 120 cm³/mol. The standard InChI is InChI=1S/C23H25N3O6S/c27-20(11-6-12-24-22-18-9-4-5-10-19(18)33(29,30)25-22)32-21(17-7-2-1-3-8-17)23(28)26-13-15-31-16-14-26/h1-5,7-10,21H,6,11-16H2,(H,24,25)/t21-/m0/s1. The highest BCUT2D eigenvalue weighted by atomic mass is 32.2. The average molecular weight is 472 g/mol. The number of carbonyl (C=O) groups excluding carboxylic acids is 2. The van der Waals surface area contributed by atoms with Crippen LogP contribution in [0.4, 0.5) is 0 Å². The van der Waals surface area contributed by atoms with Gasteiger partial charge < -0.3 is 14.4 Å². The van der Waals surface area contributed by atoms with Crippen LogP contribution < -0.4 is 4.72 Å². The molecule has 2 aliphatic heterocycles. The number of rotatable bonds is 7. The minimum atomic E-state index is -3.60. The van der Waals surface area contributed by atoms with Crippen LogP contribution in [0.15, 0.2) is 64.5 Å². The Bertz CT molecular complexity index is 1140. The largest absolute Gasteiger partial charge is 0.447 e. The van der Waals surface area contributed by atoms with Crippen molar-refractivity contribution < 1.29 is 27.5 Å². The van der Waals surface area contributed by atoms with Crippen LogP contribution in [0.3, 0.4) is 0 Å². The summed E-state index contributed by atoms with van der Waals surface area (Å²) < 4.78 is 37.6. The Labute approximate surface area is 192 Å². The molecule has 0 saturated carbocycles. The molecular weight excluding hydrogens is 446 g/mol. The van der Waals surface area contributed by atoms with Gasteiger partial charge in [0.05, 0.1) is 18.1 Å². The first-order valence-corrected chi connectivity index (χ1v) is 12.2. The molecule has 1 atom stereocenters. The lowest BCUT2D eigenvalue weighted by atomic mass is 10.1. The van der Waals surface area contributed by atoms with Gasteiger partial charge in [0.25, 0.3) is 15.9 Å². The zero-order valence-electron chi connectivity index (χ0n) is 18.0. The number of nitrogens with one attached hydrogen (secondary N) is 1. The van der Waals surface area contributed by atoms with Crippen LogP contribution in [0, 0.1) is 0 Å². The Balaban J connectivity index is 1.36. The van der Waals surface area contributed by atoms with Gasteiger partial charge in [-0.2, -0.15) is 0 Å². The topological polar surface area (TPSA) is 114 Å². The summed E-state index contributed by atoms with van der Waals surface area (Å²) in [4.78, 5) is 31.7. The van der Waals surface area contributed by atoms with Crippen LogP contribution in [0.5, 0.6) is 0 Å². The van der Waals surface area contributed by atoms with E-state index in [1.165, 1.54) is 6.07 Å². The highest BCUT2D eigenvalue weighted by Gasteiger charge is 2.31. The van der Waals surface area contributed by atoms with Crippen LogP contribution in [-0.2, 0) is 29.1 Å². The van der Waals surface area contributed by atoms with E-state index in [-0.39, 0.29) is 29.6 Å². The van der Waals surface area contributed by atoms with E-state index in [0.29, 0.717) is 43.9 Å². The van der Waals surface area contributed by atoms with Crippen molar-refractivity contribution in [2.75, 3.05) is 32.8 Å². The van der Waals surface area contributed by atoms with Gasteiger partial charge in [-0.25, -0.2) is 8.42 Å². The molecule has 4 rings (SSSR count). The Morgan fingerprint density at radius 3 is 2.52 bits per heavy atom. The first-order valence-electron chi connectivity index (χ1n) is 10.7. The average Bonchev–Trinajstić information content (AvgIpc) is 3.11. The molecule has 0 spiro atoms. The molecule has 2 heterocycles. The second-order valence-electron chi connectivity index (χ2n) is 7.65. The molecule has 1 N–H and O–H groups in total. The summed E-state index contributed by atoms with van der Waals surface area (Å²) in [6, 6.07) is 15.5. The molecule has 2 aromatic rings. The van der Waals surface area contributed by atoms with Gasteiger partial charge in [-0.05, 0) is 18.6 Å². The zero-order valence-corrected chi connectivity index (χ0v) is 18.8. The van der Waals surface area contributed by atoms with E-state index < -0.39 is 22.1 Å². The molecule has 0 aromatic heterocycles. The summed E-state index contributed by atoms with van der Waals surface area (Å²) in [6.07, 6.45) is -0.624. The third kappa shape index (κ3) is 5.40. The minimum Gasteiger partial charge on any atom is -0.447 e. The summed E-state index contributed by atoms with van der Waals surface area (Å²) in [5.74, 6) is -0.517. The molecule has 1 amide bonds. The molecule has 0 aliphatic carbocycles. The molecule has 33 heavy (non-hydrogen) atoms. The van der Waals surface area contributed by atoms with Gasteiger partial charge in [-0.3, -0.25) is 19.3 Å². The van der Waals surface area contributed by atoms with Crippen molar-refractivity contribution >= 4 is 27.7 Å². The number of amidine groups is 1.